The standard InChI is InChI=1S/C12H7FO2.C12H7FO/c13-11-9(14)6-5-8-7-3-1-2-4-10(7)15-12(8)11;13-10-6-3-5-9-8-4-1-2-7-11(8)14-12(9)10/h1-6,14H;1-7H. The van der Waals surface area contributed by atoms with E-state index in [0.29, 0.717) is 16.6 Å². The fourth-order valence-corrected chi connectivity index (χ4v) is 3.46. The third-order valence-electron chi connectivity index (χ3n) is 4.82. The lowest BCUT2D eigenvalue weighted by Crippen LogP contribution is -1.75. The first-order chi connectivity index (χ1) is 14.1. The molecule has 2 heterocycles. The van der Waals surface area contributed by atoms with Gasteiger partial charge < -0.3 is 13.9 Å². The quantitative estimate of drug-likeness (QED) is 0.300. The van der Waals surface area contributed by atoms with Crippen molar-refractivity contribution in [3.8, 4) is 5.75 Å². The lowest BCUT2D eigenvalue weighted by Gasteiger charge is -1.93. The van der Waals surface area contributed by atoms with Crippen LogP contribution >= 0.6 is 0 Å². The van der Waals surface area contributed by atoms with Gasteiger partial charge in [0.2, 0.25) is 5.82 Å². The van der Waals surface area contributed by atoms with Gasteiger partial charge in [-0.3, -0.25) is 0 Å². The second-order valence-electron chi connectivity index (χ2n) is 6.59. The number of aromatic hydroxyl groups is 1. The van der Waals surface area contributed by atoms with Gasteiger partial charge in [0.25, 0.3) is 0 Å². The van der Waals surface area contributed by atoms with Gasteiger partial charge in [-0.05, 0) is 30.3 Å². The van der Waals surface area contributed by atoms with Gasteiger partial charge in [-0.2, -0.15) is 4.39 Å². The zero-order valence-corrected chi connectivity index (χ0v) is 15.0. The summed E-state index contributed by atoms with van der Waals surface area (Å²) in [5.74, 6) is -1.40. The number of fused-ring (bicyclic) bond motifs is 6. The Morgan fingerprint density at radius 1 is 0.552 bits per heavy atom. The molecule has 4 aromatic carbocycles. The molecule has 0 saturated carbocycles. The lowest BCUT2D eigenvalue weighted by atomic mass is 10.1. The summed E-state index contributed by atoms with van der Waals surface area (Å²) in [6, 6.07) is 22.8. The molecule has 0 spiro atoms. The molecule has 6 aromatic rings. The topological polar surface area (TPSA) is 46.5 Å². The van der Waals surface area contributed by atoms with Crippen LogP contribution in [0.4, 0.5) is 8.78 Å². The van der Waals surface area contributed by atoms with Crippen LogP contribution in [0.15, 0.2) is 87.7 Å². The average Bonchev–Trinajstić information content (AvgIpc) is 3.31. The molecule has 0 bridgehead atoms. The van der Waals surface area contributed by atoms with Crippen LogP contribution in [0, 0.1) is 11.6 Å². The Kier molecular flexibility index (Phi) is 3.95. The van der Waals surface area contributed by atoms with E-state index in [0.717, 1.165) is 21.7 Å². The predicted molar refractivity (Wildman–Crippen MR) is 109 cm³/mol. The summed E-state index contributed by atoms with van der Waals surface area (Å²) in [7, 11) is 0. The van der Waals surface area contributed by atoms with Crippen molar-refractivity contribution in [2.75, 3.05) is 0 Å². The molecule has 5 heteroatoms. The molecule has 0 amide bonds. The molecule has 1 N–H and O–H groups in total. The smallest absolute Gasteiger partial charge is 0.207 e. The zero-order chi connectivity index (χ0) is 20.0. The Morgan fingerprint density at radius 2 is 1.10 bits per heavy atom. The minimum Gasteiger partial charge on any atom is -0.505 e. The third-order valence-corrected chi connectivity index (χ3v) is 4.82. The first-order valence-electron chi connectivity index (χ1n) is 8.98. The normalized spacial score (nSPS) is 11.2. The molecule has 0 saturated heterocycles. The van der Waals surface area contributed by atoms with E-state index in [1.807, 2.05) is 48.5 Å². The Bertz CT molecular complexity index is 1490. The molecule has 0 fully saturated rings. The van der Waals surface area contributed by atoms with Crippen molar-refractivity contribution < 1.29 is 22.7 Å². The molecular formula is C24H14F2O3. The maximum absolute atomic E-state index is 13.5. The molecule has 142 valence electrons. The van der Waals surface area contributed by atoms with Crippen molar-refractivity contribution in [3.05, 3.63) is 90.5 Å². The first-order valence-corrected chi connectivity index (χ1v) is 8.98. The van der Waals surface area contributed by atoms with E-state index in [1.165, 1.54) is 12.1 Å². The maximum atomic E-state index is 13.5. The highest BCUT2D eigenvalue weighted by molar-refractivity contribution is 6.05. The van der Waals surface area contributed by atoms with Crippen LogP contribution in [0.1, 0.15) is 0 Å². The number of halogens is 2. The summed E-state index contributed by atoms with van der Waals surface area (Å²) in [6.45, 7) is 0. The first kappa shape index (κ1) is 17.3. The van der Waals surface area contributed by atoms with Crippen LogP contribution in [-0.2, 0) is 0 Å². The maximum Gasteiger partial charge on any atom is 0.207 e. The van der Waals surface area contributed by atoms with Gasteiger partial charge >= 0.3 is 0 Å². The van der Waals surface area contributed by atoms with Gasteiger partial charge in [0.15, 0.2) is 22.7 Å². The highest BCUT2D eigenvalue weighted by atomic mass is 19.1. The third kappa shape index (κ3) is 2.79. The highest BCUT2D eigenvalue weighted by Crippen LogP contribution is 2.33. The minimum absolute atomic E-state index is 0.108. The molecule has 0 radical (unpaired) electrons. The van der Waals surface area contributed by atoms with E-state index in [1.54, 1.807) is 18.2 Å². The van der Waals surface area contributed by atoms with Crippen LogP contribution in [0.5, 0.6) is 5.75 Å². The molecule has 0 aliphatic carbocycles. The summed E-state index contributed by atoms with van der Waals surface area (Å²) in [6.07, 6.45) is 0. The SMILES string of the molecule is Fc1cccc2c1oc1ccccc12.Oc1ccc2c(oc3ccccc32)c1F. The van der Waals surface area contributed by atoms with Gasteiger partial charge in [0, 0.05) is 21.5 Å². The fourth-order valence-electron chi connectivity index (χ4n) is 3.46. The van der Waals surface area contributed by atoms with Crippen LogP contribution in [0.3, 0.4) is 0 Å². The zero-order valence-electron chi connectivity index (χ0n) is 15.0. The van der Waals surface area contributed by atoms with Crippen LogP contribution in [0.25, 0.3) is 43.9 Å². The van der Waals surface area contributed by atoms with Gasteiger partial charge in [-0.25, -0.2) is 4.39 Å². The molecular weight excluding hydrogens is 374 g/mol. The number of phenols is 1. The summed E-state index contributed by atoms with van der Waals surface area (Å²) >= 11 is 0. The predicted octanol–water partition coefficient (Wildman–Crippen LogP) is 7.16. The number of rotatable bonds is 0. The van der Waals surface area contributed by atoms with Crippen molar-refractivity contribution >= 4 is 43.9 Å². The Hall–Kier alpha value is -3.86. The van der Waals surface area contributed by atoms with Crippen molar-refractivity contribution in [1.29, 1.82) is 0 Å². The molecule has 0 unspecified atom stereocenters. The van der Waals surface area contributed by atoms with E-state index in [4.69, 9.17) is 8.83 Å². The second-order valence-corrected chi connectivity index (χ2v) is 6.59. The number of hydrogen-bond donors (Lipinski definition) is 1. The van der Waals surface area contributed by atoms with Gasteiger partial charge in [-0.1, -0.05) is 48.5 Å². The van der Waals surface area contributed by atoms with E-state index in [2.05, 4.69) is 0 Å². The molecule has 29 heavy (non-hydrogen) atoms. The summed E-state index contributed by atoms with van der Waals surface area (Å²) < 4.78 is 37.6. The highest BCUT2D eigenvalue weighted by Gasteiger charge is 2.13. The summed E-state index contributed by atoms with van der Waals surface area (Å²) in [4.78, 5) is 0. The van der Waals surface area contributed by atoms with E-state index >= 15 is 0 Å². The summed E-state index contributed by atoms with van der Waals surface area (Å²) in [5.41, 5.74) is 1.80. The Morgan fingerprint density at radius 3 is 1.79 bits per heavy atom. The minimum atomic E-state index is -0.705. The Labute approximate surface area is 163 Å². The molecule has 2 aromatic heterocycles. The number of phenolic OH excluding ortho intramolecular Hbond substituents is 1. The fraction of sp³-hybridized carbons (Fsp3) is 0. The largest absolute Gasteiger partial charge is 0.505 e. The molecule has 0 atom stereocenters. The molecule has 0 aliphatic rings. The lowest BCUT2D eigenvalue weighted by molar-refractivity contribution is 0.430. The van der Waals surface area contributed by atoms with Gasteiger partial charge in [0.1, 0.15) is 11.2 Å². The van der Waals surface area contributed by atoms with Gasteiger partial charge in [0.05, 0.1) is 0 Å². The van der Waals surface area contributed by atoms with Gasteiger partial charge in [-0.15, -0.1) is 0 Å². The number of para-hydroxylation sites is 3. The van der Waals surface area contributed by atoms with E-state index < -0.39 is 5.82 Å². The van der Waals surface area contributed by atoms with E-state index in [-0.39, 0.29) is 17.1 Å². The molecule has 6 rings (SSSR count). The summed E-state index contributed by atoms with van der Waals surface area (Å²) in [5, 5.41) is 12.5. The average molecular weight is 388 g/mol. The van der Waals surface area contributed by atoms with Crippen LogP contribution in [-0.4, -0.2) is 5.11 Å². The van der Waals surface area contributed by atoms with E-state index in [9.17, 15) is 13.9 Å². The monoisotopic (exact) mass is 388 g/mol. The van der Waals surface area contributed by atoms with Crippen LogP contribution in [0.2, 0.25) is 0 Å². The van der Waals surface area contributed by atoms with Crippen molar-refractivity contribution in [3.63, 3.8) is 0 Å². The van der Waals surface area contributed by atoms with Crippen LogP contribution < -0.4 is 0 Å². The number of hydrogen-bond acceptors (Lipinski definition) is 3. The Balaban J connectivity index is 0.000000125. The molecule has 3 nitrogen and oxygen atoms in total. The van der Waals surface area contributed by atoms with Crippen molar-refractivity contribution in [2.24, 2.45) is 0 Å². The van der Waals surface area contributed by atoms with Crippen molar-refractivity contribution in [1.82, 2.24) is 0 Å². The van der Waals surface area contributed by atoms with Crippen molar-refractivity contribution in [2.45, 2.75) is 0 Å². The number of furan rings is 2. The molecule has 0 aliphatic heterocycles. The second kappa shape index (κ2) is 6.63. The number of benzene rings is 4.